The van der Waals surface area contributed by atoms with E-state index in [-0.39, 0.29) is 17.5 Å². The van der Waals surface area contributed by atoms with Crippen molar-refractivity contribution in [1.29, 1.82) is 0 Å². The van der Waals surface area contributed by atoms with Gasteiger partial charge in [-0.1, -0.05) is 24.3 Å². The summed E-state index contributed by atoms with van der Waals surface area (Å²) in [6.07, 6.45) is 0.870. The van der Waals surface area contributed by atoms with Crippen LogP contribution in [0.25, 0.3) is 21.9 Å². The highest BCUT2D eigenvalue weighted by Crippen LogP contribution is 2.49. The van der Waals surface area contributed by atoms with Gasteiger partial charge in [-0.25, -0.2) is 0 Å². The minimum Gasteiger partial charge on any atom is -0.507 e. The van der Waals surface area contributed by atoms with Gasteiger partial charge in [0.1, 0.15) is 23.0 Å². The van der Waals surface area contributed by atoms with Crippen LogP contribution in [-0.2, 0) is 6.42 Å². The predicted octanol–water partition coefficient (Wildman–Crippen LogP) is 4.53. The second-order valence-corrected chi connectivity index (χ2v) is 7.38. The van der Waals surface area contributed by atoms with Gasteiger partial charge in [0, 0.05) is 40.2 Å². The summed E-state index contributed by atoms with van der Waals surface area (Å²) in [7, 11) is 3.15. The van der Waals surface area contributed by atoms with Crippen LogP contribution in [-0.4, -0.2) is 30.5 Å². The van der Waals surface area contributed by atoms with E-state index in [0.717, 1.165) is 28.5 Å². The highest BCUT2D eigenvalue weighted by Gasteiger charge is 2.27. The molecule has 146 valence electrons. The first-order chi connectivity index (χ1) is 13.5. The van der Waals surface area contributed by atoms with Crippen molar-refractivity contribution in [1.82, 2.24) is 5.32 Å². The maximum absolute atomic E-state index is 11.2. The Morgan fingerprint density at radius 1 is 1.00 bits per heavy atom. The summed E-state index contributed by atoms with van der Waals surface area (Å²) >= 11 is 0. The fourth-order valence-electron chi connectivity index (χ4n) is 4.41. The van der Waals surface area contributed by atoms with Gasteiger partial charge in [0.05, 0.1) is 19.6 Å². The first-order valence-corrected chi connectivity index (χ1v) is 9.44. The van der Waals surface area contributed by atoms with Gasteiger partial charge in [0.2, 0.25) is 0 Å². The van der Waals surface area contributed by atoms with E-state index in [1.54, 1.807) is 32.4 Å². The summed E-state index contributed by atoms with van der Waals surface area (Å²) in [4.78, 5) is 0. The van der Waals surface area contributed by atoms with E-state index >= 15 is 0 Å². The van der Waals surface area contributed by atoms with Gasteiger partial charge in [-0.2, -0.15) is 0 Å². The molecule has 1 heterocycles. The van der Waals surface area contributed by atoms with Crippen LogP contribution in [0, 0.1) is 0 Å². The first-order valence-electron chi connectivity index (χ1n) is 9.44. The molecule has 0 fully saturated rings. The lowest BCUT2D eigenvalue weighted by molar-refractivity contribution is 0.396. The highest BCUT2D eigenvalue weighted by molar-refractivity contribution is 6.06. The molecule has 2 atom stereocenters. The van der Waals surface area contributed by atoms with Gasteiger partial charge in [-0.3, -0.25) is 0 Å². The maximum atomic E-state index is 11.2. The average Bonchev–Trinajstić information content (AvgIpc) is 2.67. The molecule has 3 aromatic rings. The van der Waals surface area contributed by atoms with Crippen molar-refractivity contribution < 1.29 is 19.7 Å². The minimum atomic E-state index is 0.0441. The summed E-state index contributed by atoms with van der Waals surface area (Å²) in [5, 5.41) is 26.5. The Morgan fingerprint density at radius 3 is 2.46 bits per heavy atom. The van der Waals surface area contributed by atoms with E-state index in [2.05, 4.69) is 25.2 Å². The molecule has 1 aliphatic rings. The van der Waals surface area contributed by atoms with Crippen LogP contribution >= 0.6 is 0 Å². The topological polar surface area (TPSA) is 71.0 Å². The van der Waals surface area contributed by atoms with Crippen LogP contribution in [0.2, 0.25) is 0 Å². The standard InChI is InChI=1S/C23H25NO4/c1-12-10-14-8-9-16(23(26)20(14)13(2)24-12)21-15-6-5-7-17(25)22(15)19(28-4)11-18(21)27-3/h5-9,11-13,24-26H,10H2,1-4H3. The van der Waals surface area contributed by atoms with Gasteiger partial charge in [0.15, 0.2) is 0 Å². The van der Waals surface area contributed by atoms with Gasteiger partial charge in [-0.15, -0.1) is 0 Å². The molecule has 0 spiro atoms. The van der Waals surface area contributed by atoms with E-state index in [9.17, 15) is 10.2 Å². The van der Waals surface area contributed by atoms with Crippen molar-refractivity contribution in [3.63, 3.8) is 0 Å². The number of aromatic hydroxyl groups is 2. The average molecular weight is 379 g/mol. The molecule has 0 saturated carbocycles. The molecule has 0 aromatic heterocycles. The fourth-order valence-corrected chi connectivity index (χ4v) is 4.41. The van der Waals surface area contributed by atoms with Crippen LogP contribution in [0.5, 0.6) is 23.0 Å². The van der Waals surface area contributed by atoms with Crippen molar-refractivity contribution in [2.24, 2.45) is 0 Å². The molecule has 0 saturated heterocycles. The van der Waals surface area contributed by atoms with Crippen molar-refractivity contribution in [2.75, 3.05) is 14.2 Å². The molecule has 4 rings (SSSR count). The Balaban J connectivity index is 2.06. The highest BCUT2D eigenvalue weighted by atomic mass is 16.5. The molecule has 0 bridgehead atoms. The summed E-state index contributed by atoms with van der Waals surface area (Å²) in [6.45, 7) is 4.21. The Morgan fingerprint density at radius 2 is 1.75 bits per heavy atom. The molecule has 0 radical (unpaired) electrons. The molecule has 2 unspecified atom stereocenters. The van der Waals surface area contributed by atoms with E-state index in [4.69, 9.17) is 9.47 Å². The number of fused-ring (bicyclic) bond motifs is 2. The SMILES string of the molecule is COc1cc(OC)c2c(O)cccc2c1-c1ccc2c(c1O)C(C)NC(C)C2. The number of hydrogen-bond donors (Lipinski definition) is 3. The number of hydrogen-bond acceptors (Lipinski definition) is 5. The molecule has 0 amide bonds. The Labute approximate surface area is 164 Å². The number of benzene rings is 3. The van der Waals surface area contributed by atoms with E-state index < -0.39 is 0 Å². The number of rotatable bonds is 3. The molecular formula is C23H25NO4. The van der Waals surface area contributed by atoms with E-state index in [1.165, 1.54) is 0 Å². The first kappa shape index (κ1) is 18.4. The Kier molecular flexibility index (Phi) is 4.55. The predicted molar refractivity (Wildman–Crippen MR) is 111 cm³/mol. The van der Waals surface area contributed by atoms with Gasteiger partial charge in [-0.05, 0) is 31.9 Å². The zero-order chi connectivity index (χ0) is 20.0. The molecule has 5 heteroatoms. The normalized spacial score (nSPS) is 18.7. The van der Waals surface area contributed by atoms with Crippen LogP contribution in [0.1, 0.15) is 31.0 Å². The van der Waals surface area contributed by atoms with Crippen LogP contribution in [0.4, 0.5) is 0 Å². The summed E-state index contributed by atoms with van der Waals surface area (Å²) < 4.78 is 11.1. The zero-order valence-electron chi connectivity index (χ0n) is 16.5. The molecule has 28 heavy (non-hydrogen) atoms. The lowest BCUT2D eigenvalue weighted by Crippen LogP contribution is -2.36. The van der Waals surface area contributed by atoms with Gasteiger partial charge < -0.3 is 25.0 Å². The zero-order valence-corrected chi connectivity index (χ0v) is 16.5. The van der Waals surface area contributed by atoms with Crippen LogP contribution < -0.4 is 14.8 Å². The number of nitrogens with one attached hydrogen (secondary N) is 1. The number of ether oxygens (including phenoxy) is 2. The van der Waals surface area contributed by atoms with E-state index in [0.29, 0.717) is 28.5 Å². The van der Waals surface area contributed by atoms with Crippen molar-refractivity contribution in [3.8, 4) is 34.1 Å². The van der Waals surface area contributed by atoms with Crippen LogP contribution in [0.3, 0.4) is 0 Å². The molecule has 3 aromatic carbocycles. The smallest absolute Gasteiger partial charge is 0.134 e. The Hall–Kier alpha value is -2.92. The molecule has 0 aliphatic carbocycles. The quantitative estimate of drug-likeness (QED) is 0.624. The number of phenolic OH excluding ortho intramolecular Hbond substituents is 2. The largest absolute Gasteiger partial charge is 0.507 e. The maximum Gasteiger partial charge on any atom is 0.134 e. The van der Waals surface area contributed by atoms with Crippen molar-refractivity contribution in [3.05, 3.63) is 47.5 Å². The van der Waals surface area contributed by atoms with E-state index in [1.807, 2.05) is 12.1 Å². The second kappa shape index (κ2) is 6.91. The third-order valence-corrected chi connectivity index (χ3v) is 5.58. The van der Waals surface area contributed by atoms with Crippen molar-refractivity contribution >= 4 is 10.8 Å². The third kappa shape index (κ3) is 2.74. The van der Waals surface area contributed by atoms with Crippen LogP contribution in [0.15, 0.2) is 36.4 Å². The summed E-state index contributed by atoms with van der Waals surface area (Å²) in [6, 6.07) is 11.5. The van der Waals surface area contributed by atoms with Gasteiger partial charge in [0.25, 0.3) is 0 Å². The fraction of sp³-hybridized carbons (Fsp3) is 0.304. The Bertz CT molecular complexity index is 1060. The number of phenols is 2. The summed E-state index contributed by atoms with van der Waals surface area (Å²) in [5.74, 6) is 1.47. The molecular weight excluding hydrogens is 354 g/mol. The van der Waals surface area contributed by atoms with Crippen molar-refractivity contribution in [2.45, 2.75) is 32.4 Å². The lowest BCUT2D eigenvalue weighted by Gasteiger charge is -2.30. The second-order valence-electron chi connectivity index (χ2n) is 7.38. The molecule has 3 N–H and O–H groups in total. The minimum absolute atomic E-state index is 0.0441. The lowest BCUT2D eigenvalue weighted by atomic mass is 9.86. The molecule has 5 nitrogen and oxygen atoms in total. The monoisotopic (exact) mass is 379 g/mol. The third-order valence-electron chi connectivity index (χ3n) is 5.58. The number of methoxy groups -OCH3 is 2. The summed E-state index contributed by atoms with van der Waals surface area (Å²) in [5.41, 5.74) is 3.48. The van der Waals surface area contributed by atoms with Gasteiger partial charge >= 0.3 is 0 Å². The molecule has 1 aliphatic heterocycles.